The van der Waals surface area contributed by atoms with Crippen molar-refractivity contribution in [2.24, 2.45) is 0 Å². The number of hydrogen-bond donors (Lipinski definition) is 1. The number of anilines is 1. The molecule has 2 atom stereocenters. The van der Waals surface area contributed by atoms with Crippen molar-refractivity contribution in [3.8, 4) is 0 Å². The van der Waals surface area contributed by atoms with Gasteiger partial charge in [0.2, 0.25) is 0 Å². The summed E-state index contributed by atoms with van der Waals surface area (Å²) in [5, 5.41) is 3.00. The summed E-state index contributed by atoms with van der Waals surface area (Å²) < 4.78 is 0. The van der Waals surface area contributed by atoms with Gasteiger partial charge in [0.05, 0.1) is 0 Å². The highest BCUT2D eigenvalue weighted by atomic mass is 16.2. The van der Waals surface area contributed by atoms with Crippen molar-refractivity contribution < 1.29 is 4.79 Å². The molecule has 98 valence electrons. The molecule has 1 fully saturated rings. The maximum atomic E-state index is 12.3. The van der Waals surface area contributed by atoms with E-state index in [0.717, 1.165) is 24.1 Å². The molecular weight excluding hydrogens is 224 g/mol. The zero-order valence-electron chi connectivity index (χ0n) is 11.4. The quantitative estimate of drug-likeness (QED) is 0.803. The van der Waals surface area contributed by atoms with Crippen LogP contribution in [0, 0.1) is 6.92 Å². The van der Waals surface area contributed by atoms with E-state index in [1.54, 1.807) is 0 Å². The summed E-state index contributed by atoms with van der Waals surface area (Å²) in [7, 11) is 0. The molecule has 0 radical (unpaired) electrons. The molecule has 0 unspecified atom stereocenters. The minimum Gasteiger partial charge on any atom is -0.319 e. The van der Waals surface area contributed by atoms with Crippen molar-refractivity contribution in [2.45, 2.75) is 52.1 Å². The van der Waals surface area contributed by atoms with Gasteiger partial charge in [-0.25, -0.2) is 4.79 Å². The number of nitrogens with one attached hydrogen (secondary N) is 1. The maximum absolute atomic E-state index is 12.3. The van der Waals surface area contributed by atoms with Crippen LogP contribution in [0.4, 0.5) is 10.5 Å². The third-order valence-corrected chi connectivity index (χ3v) is 3.70. The summed E-state index contributed by atoms with van der Waals surface area (Å²) in [6.07, 6.45) is 3.42. The second kappa shape index (κ2) is 5.42. The van der Waals surface area contributed by atoms with Crippen LogP contribution in [-0.4, -0.2) is 23.0 Å². The molecular formula is C15H22N2O. The van der Waals surface area contributed by atoms with Crippen LogP contribution in [0.25, 0.3) is 0 Å². The first-order valence-corrected chi connectivity index (χ1v) is 6.74. The first kappa shape index (κ1) is 12.9. The van der Waals surface area contributed by atoms with Gasteiger partial charge in [-0.2, -0.15) is 0 Å². The van der Waals surface area contributed by atoms with Gasteiger partial charge in [-0.15, -0.1) is 0 Å². The van der Waals surface area contributed by atoms with Crippen molar-refractivity contribution in [1.29, 1.82) is 0 Å². The van der Waals surface area contributed by atoms with Crippen molar-refractivity contribution in [3.05, 3.63) is 29.8 Å². The van der Waals surface area contributed by atoms with E-state index in [1.165, 1.54) is 6.42 Å². The fraction of sp³-hybridized carbons (Fsp3) is 0.533. The lowest BCUT2D eigenvalue weighted by molar-refractivity contribution is 0.133. The van der Waals surface area contributed by atoms with E-state index < -0.39 is 0 Å². The third-order valence-electron chi connectivity index (χ3n) is 3.70. The lowest BCUT2D eigenvalue weighted by Crippen LogP contribution is -2.49. The molecule has 0 aromatic heterocycles. The predicted molar refractivity (Wildman–Crippen MR) is 74.8 cm³/mol. The molecule has 1 aromatic carbocycles. The molecule has 1 heterocycles. The van der Waals surface area contributed by atoms with E-state index in [1.807, 2.05) is 36.1 Å². The summed E-state index contributed by atoms with van der Waals surface area (Å²) in [6.45, 7) is 6.29. The van der Waals surface area contributed by atoms with Gasteiger partial charge in [-0.1, -0.05) is 12.1 Å². The molecule has 2 amide bonds. The average molecular weight is 246 g/mol. The zero-order chi connectivity index (χ0) is 13.1. The van der Waals surface area contributed by atoms with E-state index in [0.29, 0.717) is 12.1 Å². The monoisotopic (exact) mass is 246 g/mol. The van der Waals surface area contributed by atoms with Gasteiger partial charge in [0, 0.05) is 17.8 Å². The highest BCUT2D eigenvalue weighted by molar-refractivity contribution is 5.89. The highest BCUT2D eigenvalue weighted by Gasteiger charge is 2.28. The summed E-state index contributed by atoms with van der Waals surface area (Å²) in [4.78, 5) is 14.3. The SMILES string of the molecule is Cc1cccc(NC(=O)N2[C@H](C)CCC[C@H]2C)c1. The Labute approximate surface area is 109 Å². The predicted octanol–water partition coefficient (Wildman–Crippen LogP) is 3.79. The van der Waals surface area contributed by atoms with E-state index in [-0.39, 0.29) is 6.03 Å². The fourth-order valence-electron chi connectivity index (χ4n) is 2.73. The number of carbonyl (C=O) groups is 1. The Morgan fingerprint density at radius 1 is 1.28 bits per heavy atom. The second-order valence-electron chi connectivity index (χ2n) is 5.34. The number of aryl methyl sites for hydroxylation is 1. The van der Waals surface area contributed by atoms with Gasteiger partial charge < -0.3 is 10.2 Å². The number of benzene rings is 1. The van der Waals surface area contributed by atoms with Gasteiger partial charge in [0.1, 0.15) is 0 Å². The molecule has 3 nitrogen and oxygen atoms in total. The molecule has 1 saturated heterocycles. The number of rotatable bonds is 1. The molecule has 1 aliphatic heterocycles. The minimum atomic E-state index is 0.0281. The molecule has 0 spiro atoms. The van der Waals surface area contributed by atoms with Gasteiger partial charge in [0.25, 0.3) is 0 Å². The fourth-order valence-corrected chi connectivity index (χ4v) is 2.73. The molecule has 3 heteroatoms. The van der Waals surface area contributed by atoms with Crippen LogP contribution >= 0.6 is 0 Å². The summed E-state index contributed by atoms with van der Waals surface area (Å²) in [6, 6.07) is 8.62. The second-order valence-corrected chi connectivity index (χ2v) is 5.34. The third kappa shape index (κ3) is 2.84. The highest BCUT2D eigenvalue weighted by Crippen LogP contribution is 2.23. The average Bonchev–Trinajstić information content (AvgIpc) is 2.28. The molecule has 0 saturated carbocycles. The molecule has 1 N–H and O–H groups in total. The van der Waals surface area contributed by atoms with Crippen LogP contribution in [0.2, 0.25) is 0 Å². The number of nitrogens with zero attached hydrogens (tertiary/aromatic N) is 1. The standard InChI is InChI=1S/C15H22N2O/c1-11-6-4-9-14(10-11)16-15(18)17-12(2)7-5-8-13(17)3/h4,6,9-10,12-13H,5,7-8H2,1-3H3,(H,16,18)/t12-,13-/m1/s1. The Balaban J connectivity index is 2.07. The van der Waals surface area contributed by atoms with E-state index in [4.69, 9.17) is 0 Å². The Kier molecular flexibility index (Phi) is 3.90. The van der Waals surface area contributed by atoms with Crippen LogP contribution in [-0.2, 0) is 0 Å². The van der Waals surface area contributed by atoms with E-state index in [9.17, 15) is 4.79 Å². The number of urea groups is 1. The maximum Gasteiger partial charge on any atom is 0.322 e. The number of carbonyl (C=O) groups excluding carboxylic acids is 1. The molecule has 1 aliphatic rings. The van der Waals surface area contributed by atoms with Gasteiger partial charge >= 0.3 is 6.03 Å². The number of amides is 2. The van der Waals surface area contributed by atoms with Gasteiger partial charge in [0.15, 0.2) is 0 Å². The molecule has 1 aromatic rings. The van der Waals surface area contributed by atoms with Crippen LogP contribution in [0.5, 0.6) is 0 Å². The van der Waals surface area contributed by atoms with Crippen LogP contribution in [0.3, 0.4) is 0 Å². The Morgan fingerprint density at radius 3 is 2.56 bits per heavy atom. The van der Waals surface area contributed by atoms with Gasteiger partial charge in [-0.05, 0) is 57.7 Å². The molecule has 0 bridgehead atoms. The molecule has 2 rings (SSSR count). The van der Waals surface area contributed by atoms with Crippen molar-refractivity contribution >= 4 is 11.7 Å². The Hall–Kier alpha value is -1.51. The van der Waals surface area contributed by atoms with E-state index in [2.05, 4.69) is 19.2 Å². The molecule has 0 aliphatic carbocycles. The van der Waals surface area contributed by atoms with Crippen LogP contribution in [0.1, 0.15) is 38.7 Å². The normalized spacial score (nSPS) is 23.8. The minimum absolute atomic E-state index is 0.0281. The topological polar surface area (TPSA) is 32.3 Å². The van der Waals surface area contributed by atoms with Crippen LogP contribution < -0.4 is 5.32 Å². The molecule has 18 heavy (non-hydrogen) atoms. The first-order chi connectivity index (χ1) is 8.58. The number of hydrogen-bond acceptors (Lipinski definition) is 1. The summed E-state index contributed by atoms with van der Waals surface area (Å²) >= 11 is 0. The zero-order valence-corrected chi connectivity index (χ0v) is 11.4. The van der Waals surface area contributed by atoms with Crippen molar-refractivity contribution in [3.63, 3.8) is 0 Å². The first-order valence-electron chi connectivity index (χ1n) is 6.74. The lowest BCUT2D eigenvalue weighted by atomic mass is 9.98. The summed E-state index contributed by atoms with van der Waals surface area (Å²) in [5.74, 6) is 0. The number of piperidine rings is 1. The number of likely N-dealkylation sites (tertiary alicyclic amines) is 1. The van der Waals surface area contributed by atoms with Crippen molar-refractivity contribution in [2.75, 3.05) is 5.32 Å². The smallest absolute Gasteiger partial charge is 0.319 e. The van der Waals surface area contributed by atoms with Crippen LogP contribution in [0.15, 0.2) is 24.3 Å². The Morgan fingerprint density at radius 2 is 1.94 bits per heavy atom. The lowest BCUT2D eigenvalue weighted by Gasteiger charge is -2.38. The van der Waals surface area contributed by atoms with E-state index >= 15 is 0 Å². The van der Waals surface area contributed by atoms with Gasteiger partial charge in [-0.3, -0.25) is 0 Å². The largest absolute Gasteiger partial charge is 0.322 e. The Bertz CT molecular complexity index is 420. The summed E-state index contributed by atoms with van der Waals surface area (Å²) in [5.41, 5.74) is 2.04. The van der Waals surface area contributed by atoms with Crippen molar-refractivity contribution in [1.82, 2.24) is 4.90 Å².